The molecule has 0 aromatic heterocycles. The van der Waals surface area contributed by atoms with Crippen LogP contribution in [0.4, 0.5) is 5.69 Å². The molecule has 0 bridgehead atoms. The monoisotopic (exact) mass is 432 g/mol. The number of amides is 1. The Hall–Kier alpha value is -3.89. The molecule has 0 aliphatic carbocycles. The number of rotatable bonds is 6. The van der Waals surface area contributed by atoms with Crippen LogP contribution in [0.1, 0.15) is 21.5 Å². The minimum Gasteiger partial charge on any atom is -0.497 e. The molecule has 3 aromatic carbocycles. The van der Waals surface area contributed by atoms with E-state index in [2.05, 4.69) is 5.32 Å². The Morgan fingerprint density at radius 2 is 1.71 bits per heavy atom. The van der Waals surface area contributed by atoms with E-state index < -0.39 is 9.84 Å². The van der Waals surface area contributed by atoms with E-state index in [1.807, 2.05) is 6.92 Å². The van der Waals surface area contributed by atoms with Gasteiger partial charge in [0, 0.05) is 11.3 Å². The van der Waals surface area contributed by atoms with Gasteiger partial charge in [0.15, 0.2) is 0 Å². The Labute approximate surface area is 181 Å². The smallest absolute Gasteiger partial charge is 0.255 e. The third-order valence-corrected chi connectivity index (χ3v) is 6.21. The van der Waals surface area contributed by atoms with Crippen molar-refractivity contribution in [3.8, 4) is 11.8 Å². The lowest BCUT2D eigenvalue weighted by Crippen LogP contribution is -2.11. The number of nitriles is 1. The van der Waals surface area contributed by atoms with E-state index in [1.54, 1.807) is 73.8 Å². The summed E-state index contributed by atoms with van der Waals surface area (Å²) < 4.78 is 30.7. The lowest BCUT2D eigenvalue weighted by molar-refractivity contribution is 0.102. The van der Waals surface area contributed by atoms with Crippen LogP contribution in [-0.2, 0) is 9.84 Å². The summed E-state index contributed by atoms with van der Waals surface area (Å²) in [5.41, 5.74) is 2.31. The van der Waals surface area contributed by atoms with Crippen LogP contribution in [0.25, 0.3) is 6.08 Å². The molecule has 0 spiro atoms. The molecule has 31 heavy (non-hydrogen) atoms. The molecule has 0 unspecified atom stereocenters. The highest BCUT2D eigenvalue weighted by Crippen LogP contribution is 2.23. The fourth-order valence-corrected chi connectivity index (χ4v) is 3.98. The summed E-state index contributed by atoms with van der Waals surface area (Å²) in [7, 11) is -2.41. The first-order valence-electron chi connectivity index (χ1n) is 9.32. The van der Waals surface area contributed by atoms with Gasteiger partial charge in [-0.15, -0.1) is 0 Å². The van der Waals surface area contributed by atoms with Crippen LogP contribution in [0.3, 0.4) is 0 Å². The highest BCUT2D eigenvalue weighted by Gasteiger charge is 2.20. The fourth-order valence-electron chi connectivity index (χ4n) is 2.82. The summed E-state index contributed by atoms with van der Waals surface area (Å²) in [6.45, 7) is 1.85. The highest BCUT2D eigenvalue weighted by atomic mass is 32.2. The second-order valence-corrected chi connectivity index (χ2v) is 8.66. The Bertz CT molecular complexity index is 1270. The van der Waals surface area contributed by atoms with E-state index in [4.69, 9.17) is 4.74 Å². The number of nitrogens with zero attached hydrogens (tertiary/aromatic N) is 1. The van der Waals surface area contributed by atoms with Crippen molar-refractivity contribution in [2.45, 2.75) is 11.8 Å². The molecule has 1 N–H and O–H groups in total. The molecule has 0 fully saturated rings. The minimum absolute atomic E-state index is 0.0508. The Morgan fingerprint density at radius 1 is 1.03 bits per heavy atom. The van der Waals surface area contributed by atoms with Crippen molar-refractivity contribution in [2.75, 3.05) is 12.4 Å². The number of hydrogen-bond acceptors (Lipinski definition) is 5. The van der Waals surface area contributed by atoms with Crippen LogP contribution in [0.2, 0.25) is 0 Å². The second kappa shape index (κ2) is 9.28. The lowest BCUT2D eigenvalue weighted by atomic mass is 10.1. The number of methoxy groups -OCH3 is 1. The standard InChI is InChI=1S/C24H20N2O4S/c1-17-6-12-22(13-7-17)31(28,29)23(16-25)15-18-4-3-5-20(14-18)26-24(27)19-8-10-21(30-2)11-9-19/h3-15H,1-2H3,(H,26,27)/b23-15+. The molecule has 7 heteroatoms. The van der Waals surface area contributed by atoms with Gasteiger partial charge in [-0.25, -0.2) is 8.42 Å². The van der Waals surface area contributed by atoms with E-state index in [0.29, 0.717) is 22.6 Å². The minimum atomic E-state index is -3.95. The number of anilines is 1. The molecular weight excluding hydrogens is 412 g/mol. The number of hydrogen-bond donors (Lipinski definition) is 1. The third-order valence-electron chi connectivity index (χ3n) is 4.53. The van der Waals surface area contributed by atoms with Gasteiger partial charge in [-0.1, -0.05) is 29.8 Å². The molecule has 0 aliphatic heterocycles. The van der Waals surface area contributed by atoms with Gasteiger partial charge in [-0.3, -0.25) is 4.79 Å². The van der Waals surface area contributed by atoms with Gasteiger partial charge < -0.3 is 10.1 Å². The maximum absolute atomic E-state index is 12.8. The quantitative estimate of drug-likeness (QED) is 0.575. The van der Waals surface area contributed by atoms with Gasteiger partial charge in [-0.2, -0.15) is 5.26 Å². The van der Waals surface area contributed by atoms with E-state index in [-0.39, 0.29) is 15.7 Å². The van der Waals surface area contributed by atoms with Crippen LogP contribution in [-0.4, -0.2) is 21.4 Å². The lowest BCUT2D eigenvalue weighted by Gasteiger charge is -2.08. The summed E-state index contributed by atoms with van der Waals surface area (Å²) in [6.07, 6.45) is 1.29. The number of benzene rings is 3. The Balaban J connectivity index is 1.85. The van der Waals surface area contributed by atoms with Crippen molar-refractivity contribution in [1.82, 2.24) is 0 Å². The number of carbonyl (C=O) groups excluding carboxylic acids is 1. The van der Waals surface area contributed by atoms with Crippen molar-refractivity contribution >= 4 is 27.5 Å². The molecule has 6 nitrogen and oxygen atoms in total. The largest absolute Gasteiger partial charge is 0.497 e. The molecule has 0 aliphatic rings. The number of sulfone groups is 1. The molecule has 0 atom stereocenters. The normalized spacial score (nSPS) is 11.5. The summed E-state index contributed by atoms with van der Waals surface area (Å²) in [5, 5.41) is 12.2. The zero-order valence-electron chi connectivity index (χ0n) is 17.0. The van der Waals surface area contributed by atoms with Crippen LogP contribution in [0.15, 0.2) is 82.6 Å². The van der Waals surface area contributed by atoms with Gasteiger partial charge in [0.05, 0.1) is 12.0 Å². The van der Waals surface area contributed by atoms with Crippen molar-refractivity contribution in [1.29, 1.82) is 5.26 Å². The first-order valence-corrected chi connectivity index (χ1v) is 10.8. The first-order chi connectivity index (χ1) is 14.8. The topological polar surface area (TPSA) is 96.3 Å². The van der Waals surface area contributed by atoms with Crippen LogP contribution < -0.4 is 10.1 Å². The van der Waals surface area contributed by atoms with Crippen molar-refractivity contribution in [3.05, 3.63) is 94.4 Å². The summed E-state index contributed by atoms with van der Waals surface area (Å²) in [6, 6.07) is 21.3. The Morgan fingerprint density at radius 3 is 2.32 bits per heavy atom. The molecule has 156 valence electrons. The molecule has 3 rings (SSSR count). The maximum Gasteiger partial charge on any atom is 0.255 e. The summed E-state index contributed by atoms with van der Waals surface area (Å²) in [5.74, 6) is 0.319. The number of aryl methyl sites for hydroxylation is 1. The van der Waals surface area contributed by atoms with Crippen molar-refractivity contribution < 1.29 is 17.9 Å². The van der Waals surface area contributed by atoms with E-state index in [0.717, 1.165) is 5.56 Å². The van der Waals surface area contributed by atoms with Crippen LogP contribution in [0.5, 0.6) is 5.75 Å². The number of nitrogens with one attached hydrogen (secondary N) is 1. The van der Waals surface area contributed by atoms with Gasteiger partial charge in [0.1, 0.15) is 16.7 Å². The average molecular weight is 433 g/mol. The van der Waals surface area contributed by atoms with Crippen LogP contribution in [0, 0.1) is 18.3 Å². The van der Waals surface area contributed by atoms with Crippen molar-refractivity contribution in [3.63, 3.8) is 0 Å². The average Bonchev–Trinajstić information content (AvgIpc) is 2.78. The molecular formula is C24H20N2O4S. The number of carbonyl (C=O) groups is 1. The number of allylic oxidation sites excluding steroid dienone is 1. The summed E-state index contributed by atoms with van der Waals surface area (Å²) in [4.78, 5) is 12.1. The fraction of sp³-hybridized carbons (Fsp3) is 0.0833. The zero-order chi connectivity index (χ0) is 22.4. The molecule has 0 saturated carbocycles. The maximum atomic E-state index is 12.8. The number of ether oxygens (including phenoxy) is 1. The predicted octanol–water partition coefficient (Wildman–Crippen LogP) is 4.59. The second-order valence-electron chi connectivity index (χ2n) is 6.74. The molecule has 1 amide bonds. The Kier molecular flexibility index (Phi) is 6.53. The van der Waals surface area contributed by atoms with Crippen molar-refractivity contribution in [2.24, 2.45) is 0 Å². The highest BCUT2D eigenvalue weighted by molar-refractivity contribution is 7.95. The summed E-state index contributed by atoms with van der Waals surface area (Å²) >= 11 is 0. The third kappa shape index (κ3) is 5.18. The predicted molar refractivity (Wildman–Crippen MR) is 119 cm³/mol. The zero-order valence-corrected chi connectivity index (χ0v) is 17.8. The van der Waals surface area contributed by atoms with Gasteiger partial charge in [0.2, 0.25) is 9.84 Å². The molecule has 0 heterocycles. The molecule has 0 saturated heterocycles. The van der Waals surface area contributed by atoms with E-state index in [9.17, 15) is 18.5 Å². The van der Waals surface area contributed by atoms with Gasteiger partial charge >= 0.3 is 0 Å². The van der Waals surface area contributed by atoms with E-state index in [1.165, 1.54) is 18.2 Å². The van der Waals surface area contributed by atoms with Crippen LogP contribution >= 0.6 is 0 Å². The SMILES string of the molecule is COc1ccc(C(=O)Nc2cccc(/C=C(\C#N)S(=O)(=O)c3ccc(C)cc3)c2)cc1. The molecule has 3 aromatic rings. The van der Waals surface area contributed by atoms with Gasteiger partial charge in [-0.05, 0) is 67.1 Å². The first kappa shape index (κ1) is 21.8. The van der Waals surface area contributed by atoms with E-state index >= 15 is 0 Å². The van der Waals surface area contributed by atoms with Gasteiger partial charge in [0.25, 0.3) is 5.91 Å². The molecule has 0 radical (unpaired) electrons.